The number of aliphatic hydroxyl groups is 3. The van der Waals surface area contributed by atoms with Crippen LogP contribution in [0.2, 0.25) is 0 Å². The highest BCUT2D eigenvalue weighted by Crippen LogP contribution is 2.21. The van der Waals surface area contributed by atoms with E-state index in [1.807, 2.05) is 0 Å². The molecule has 0 bridgehead atoms. The fourth-order valence-corrected chi connectivity index (χ4v) is 0.738. The molecule has 0 aliphatic carbocycles. The van der Waals surface area contributed by atoms with Crippen LogP contribution in [0.1, 0.15) is 6.92 Å². The highest BCUT2D eigenvalue weighted by molar-refractivity contribution is 4.88. The fourth-order valence-electron chi connectivity index (χ4n) is 0.738. The molecule has 0 aromatic heterocycles. The molecule has 54 valence electrons. The van der Waals surface area contributed by atoms with E-state index >= 15 is 0 Å². The summed E-state index contributed by atoms with van der Waals surface area (Å²) in [7, 11) is 0. The lowest BCUT2D eigenvalue weighted by Crippen LogP contribution is -2.40. The van der Waals surface area contributed by atoms with Crippen LogP contribution in [-0.2, 0) is 4.74 Å². The van der Waals surface area contributed by atoms with E-state index in [1.54, 1.807) is 0 Å². The third kappa shape index (κ3) is 1.07. The molecule has 3 N–H and O–H groups in total. The van der Waals surface area contributed by atoms with Crippen molar-refractivity contribution in [3.05, 3.63) is 0 Å². The smallest absolute Gasteiger partial charge is 0.183 e. The molecule has 1 heterocycles. The zero-order valence-corrected chi connectivity index (χ0v) is 5.11. The Kier molecular flexibility index (Phi) is 1.48. The molecular formula is C5H10O4. The van der Waals surface area contributed by atoms with E-state index in [4.69, 9.17) is 15.3 Å². The molecule has 1 fully saturated rings. The molecule has 0 spiro atoms. The highest BCUT2D eigenvalue weighted by Gasteiger charge is 2.43. The Morgan fingerprint density at radius 3 is 2.22 bits per heavy atom. The quantitative estimate of drug-likeness (QED) is 0.375. The molecule has 3 atom stereocenters. The maximum atomic E-state index is 9.10. The number of aliphatic hydroxyl groups excluding tert-OH is 2. The van der Waals surface area contributed by atoms with Crippen molar-refractivity contribution in [2.75, 3.05) is 6.61 Å². The van der Waals surface area contributed by atoms with Gasteiger partial charge in [0, 0.05) is 0 Å². The Labute approximate surface area is 52.7 Å². The lowest BCUT2D eigenvalue weighted by molar-refractivity contribution is -0.119. The van der Waals surface area contributed by atoms with Crippen LogP contribution < -0.4 is 0 Å². The second-order valence-electron chi connectivity index (χ2n) is 2.50. The van der Waals surface area contributed by atoms with Crippen molar-refractivity contribution < 1.29 is 20.1 Å². The van der Waals surface area contributed by atoms with Crippen molar-refractivity contribution >= 4 is 0 Å². The minimum atomic E-state index is -1.29. The summed E-state index contributed by atoms with van der Waals surface area (Å²) in [6.45, 7) is 1.39. The third-order valence-corrected chi connectivity index (χ3v) is 1.45. The maximum absolute atomic E-state index is 9.10. The van der Waals surface area contributed by atoms with E-state index in [1.165, 1.54) is 6.92 Å². The Bertz CT molecular complexity index is 112. The summed E-state index contributed by atoms with van der Waals surface area (Å²) in [5, 5.41) is 26.7. The van der Waals surface area contributed by atoms with Gasteiger partial charge >= 0.3 is 0 Å². The van der Waals surface area contributed by atoms with Gasteiger partial charge in [0.15, 0.2) is 6.29 Å². The molecule has 9 heavy (non-hydrogen) atoms. The largest absolute Gasteiger partial charge is 0.385 e. The van der Waals surface area contributed by atoms with Crippen LogP contribution in [-0.4, -0.2) is 39.9 Å². The van der Waals surface area contributed by atoms with E-state index in [-0.39, 0.29) is 6.61 Å². The monoisotopic (exact) mass is 134 g/mol. The number of rotatable bonds is 0. The van der Waals surface area contributed by atoms with Crippen LogP contribution in [0, 0.1) is 0 Å². The fraction of sp³-hybridized carbons (Fsp3) is 1.00. The minimum absolute atomic E-state index is 0.0185. The summed E-state index contributed by atoms with van der Waals surface area (Å²) >= 11 is 0. The van der Waals surface area contributed by atoms with Crippen molar-refractivity contribution in [1.29, 1.82) is 0 Å². The summed E-state index contributed by atoms with van der Waals surface area (Å²) in [4.78, 5) is 0. The lowest BCUT2D eigenvalue weighted by atomic mass is 10.0. The van der Waals surface area contributed by atoms with Gasteiger partial charge in [0.25, 0.3) is 0 Å². The van der Waals surface area contributed by atoms with Gasteiger partial charge < -0.3 is 20.1 Å². The predicted molar refractivity (Wildman–Crippen MR) is 28.6 cm³/mol. The molecule has 1 rings (SSSR count). The zero-order valence-electron chi connectivity index (χ0n) is 5.11. The molecule has 1 saturated heterocycles. The summed E-state index contributed by atoms with van der Waals surface area (Å²) in [5.41, 5.74) is -1.29. The van der Waals surface area contributed by atoms with Gasteiger partial charge in [-0.2, -0.15) is 0 Å². The first-order valence-corrected chi connectivity index (χ1v) is 2.74. The molecule has 0 saturated carbocycles. The normalized spacial score (nSPS) is 52.0. The first kappa shape index (κ1) is 6.95. The molecule has 4 nitrogen and oxygen atoms in total. The number of ether oxygens (including phenoxy) is 1. The van der Waals surface area contributed by atoms with Crippen LogP contribution in [0.3, 0.4) is 0 Å². The summed E-state index contributed by atoms with van der Waals surface area (Å²) < 4.78 is 4.54. The van der Waals surface area contributed by atoms with Gasteiger partial charge in [-0.15, -0.1) is 0 Å². The van der Waals surface area contributed by atoms with Gasteiger partial charge in [0.2, 0.25) is 0 Å². The van der Waals surface area contributed by atoms with E-state index in [2.05, 4.69) is 4.74 Å². The SMILES string of the molecule is CC1(O)COC(O)C1O. The van der Waals surface area contributed by atoms with Gasteiger partial charge in [0.1, 0.15) is 11.7 Å². The Morgan fingerprint density at radius 1 is 1.56 bits per heavy atom. The summed E-state index contributed by atoms with van der Waals surface area (Å²) in [6, 6.07) is 0. The topological polar surface area (TPSA) is 69.9 Å². The molecule has 1 aliphatic rings. The van der Waals surface area contributed by atoms with Crippen LogP contribution in [0.5, 0.6) is 0 Å². The molecule has 4 heteroatoms. The molecular weight excluding hydrogens is 124 g/mol. The van der Waals surface area contributed by atoms with Gasteiger partial charge in [-0.25, -0.2) is 0 Å². The van der Waals surface area contributed by atoms with Crippen molar-refractivity contribution in [3.63, 3.8) is 0 Å². The molecule has 0 aromatic rings. The van der Waals surface area contributed by atoms with Crippen LogP contribution in [0.15, 0.2) is 0 Å². The Hall–Kier alpha value is -0.160. The van der Waals surface area contributed by atoms with Crippen LogP contribution in [0.25, 0.3) is 0 Å². The first-order chi connectivity index (χ1) is 4.04. The highest BCUT2D eigenvalue weighted by atomic mass is 16.6. The maximum Gasteiger partial charge on any atom is 0.183 e. The minimum Gasteiger partial charge on any atom is -0.385 e. The van der Waals surface area contributed by atoms with Crippen molar-refractivity contribution in [1.82, 2.24) is 0 Å². The second kappa shape index (κ2) is 1.91. The third-order valence-electron chi connectivity index (χ3n) is 1.45. The zero-order chi connectivity index (χ0) is 7.07. The molecule has 3 unspecified atom stereocenters. The van der Waals surface area contributed by atoms with E-state index in [0.717, 1.165) is 0 Å². The van der Waals surface area contributed by atoms with Crippen LogP contribution in [0.4, 0.5) is 0 Å². The Balaban J connectivity index is 2.62. The number of hydrogen-bond acceptors (Lipinski definition) is 4. The van der Waals surface area contributed by atoms with Crippen molar-refractivity contribution in [2.45, 2.75) is 24.9 Å². The lowest BCUT2D eigenvalue weighted by Gasteiger charge is -2.18. The van der Waals surface area contributed by atoms with Gasteiger partial charge in [0.05, 0.1) is 6.61 Å². The van der Waals surface area contributed by atoms with Crippen molar-refractivity contribution in [3.8, 4) is 0 Å². The second-order valence-corrected chi connectivity index (χ2v) is 2.50. The summed E-state index contributed by atoms with van der Waals surface area (Å²) in [6.07, 6.45) is -2.42. The van der Waals surface area contributed by atoms with Gasteiger partial charge in [-0.1, -0.05) is 0 Å². The van der Waals surface area contributed by atoms with Gasteiger partial charge in [-0.3, -0.25) is 0 Å². The van der Waals surface area contributed by atoms with E-state index in [9.17, 15) is 0 Å². The molecule has 0 aromatic carbocycles. The molecule has 1 aliphatic heterocycles. The average molecular weight is 134 g/mol. The van der Waals surface area contributed by atoms with E-state index in [0.29, 0.717) is 0 Å². The van der Waals surface area contributed by atoms with Crippen molar-refractivity contribution in [2.24, 2.45) is 0 Å². The first-order valence-electron chi connectivity index (χ1n) is 2.74. The molecule has 0 amide bonds. The van der Waals surface area contributed by atoms with Gasteiger partial charge in [-0.05, 0) is 6.92 Å². The summed E-state index contributed by atoms with van der Waals surface area (Å²) in [5.74, 6) is 0. The predicted octanol–water partition coefficient (Wildman–Crippen LogP) is -1.55. The molecule has 0 radical (unpaired) electrons. The van der Waals surface area contributed by atoms with Crippen LogP contribution >= 0.6 is 0 Å². The Morgan fingerprint density at radius 2 is 2.11 bits per heavy atom. The average Bonchev–Trinajstić information content (AvgIpc) is 1.97. The van der Waals surface area contributed by atoms with E-state index < -0.39 is 18.0 Å². The number of hydrogen-bond donors (Lipinski definition) is 3. The standard InChI is InChI=1S/C5H10O4/c1-5(8)2-9-4(7)3(5)6/h3-4,6-8H,2H2,1H3.